The van der Waals surface area contributed by atoms with Crippen LogP contribution in [0.5, 0.6) is 0 Å². The van der Waals surface area contributed by atoms with E-state index in [1.165, 1.54) is 6.92 Å². The molecule has 0 aromatic heterocycles. The van der Waals surface area contributed by atoms with Gasteiger partial charge in [-0.05, 0) is 24.6 Å². The summed E-state index contributed by atoms with van der Waals surface area (Å²) in [6, 6.07) is 1.03. The van der Waals surface area contributed by atoms with Crippen molar-refractivity contribution in [3.63, 3.8) is 0 Å². The maximum atomic E-state index is 12.9. The Morgan fingerprint density at radius 2 is 2.00 bits per heavy atom. The van der Waals surface area contributed by atoms with Crippen LogP contribution in [-0.4, -0.2) is 12.6 Å². The summed E-state index contributed by atoms with van der Waals surface area (Å²) < 4.78 is 55.5. The lowest BCUT2D eigenvalue weighted by molar-refractivity contribution is -0.143. The lowest BCUT2D eigenvalue weighted by Gasteiger charge is -2.14. The Hall–Kier alpha value is -1.30. The maximum absolute atomic E-state index is 12.9. The Morgan fingerprint density at radius 3 is 2.50 bits per heavy atom. The van der Waals surface area contributed by atoms with Gasteiger partial charge in [0.15, 0.2) is 0 Å². The summed E-state index contributed by atoms with van der Waals surface area (Å²) in [5.74, 6) is -1.96. The van der Waals surface area contributed by atoms with E-state index in [9.17, 15) is 22.4 Å². The van der Waals surface area contributed by atoms with Crippen molar-refractivity contribution in [1.29, 1.82) is 0 Å². The maximum Gasteiger partial charge on any atom is 0.416 e. The zero-order valence-corrected chi connectivity index (χ0v) is 10.0. The normalized spacial score (nSPS) is 11.4. The summed E-state index contributed by atoms with van der Waals surface area (Å²) in [6.45, 7) is 1.56. The van der Waals surface area contributed by atoms with Crippen LogP contribution in [0.3, 0.4) is 0 Å². The molecule has 0 heterocycles. The fraction of sp³-hybridized carbons (Fsp3) is 0.364. The number of rotatable bonds is 3. The van der Waals surface area contributed by atoms with Gasteiger partial charge in [0.05, 0.1) is 18.6 Å². The highest BCUT2D eigenvalue weighted by molar-refractivity contribution is 6.31. The third-order valence-electron chi connectivity index (χ3n) is 2.09. The van der Waals surface area contributed by atoms with Gasteiger partial charge in [-0.25, -0.2) is 4.39 Å². The summed E-state index contributed by atoms with van der Waals surface area (Å²) in [5.41, 5.74) is -1.75. The molecule has 0 fully saturated rings. The average molecular weight is 285 g/mol. The van der Waals surface area contributed by atoms with Crippen LogP contribution in [0.2, 0.25) is 5.02 Å². The molecule has 1 aromatic carbocycles. The van der Waals surface area contributed by atoms with E-state index >= 15 is 0 Å². The second-order valence-corrected chi connectivity index (χ2v) is 3.80. The second-order valence-electron chi connectivity index (χ2n) is 3.39. The minimum Gasteiger partial charge on any atom is -0.466 e. The molecule has 2 nitrogen and oxygen atoms in total. The average Bonchev–Trinajstić information content (AvgIpc) is 2.20. The van der Waals surface area contributed by atoms with Gasteiger partial charge in [-0.2, -0.15) is 13.2 Å². The molecule has 18 heavy (non-hydrogen) atoms. The van der Waals surface area contributed by atoms with Crippen molar-refractivity contribution >= 4 is 17.6 Å². The molecule has 0 bridgehead atoms. The predicted molar refractivity (Wildman–Crippen MR) is 56.7 cm³/mol. The number of halogens is 5. The van der Waals surface area contributed by atoms with Gasteiger partial charge in [-0.1, -0.05) is 11.6 Å². The number of carbonyl (C=O) groups excluding carboxylic acids is 1. The van der Waals surface area contributed by atoms with Crippen LogP contribution in [0.25, 0.3) is 0 Å². The zero-order chi connectivity index (χ0) is 13.9. The molecular weight excluding hydrogens is 276 g/mol. The van der Waals surface area contributed by atoms with Crippen molar-refractivity contribution in [2.45, 2.75) is 19.5 Å². The number of benzene rings is 1. The zero-order valence-electron chi connectivity index (χ0n) is 9.28. The summed E-state index contributed by atoms with van der Waals surface area (Å²) in [6.07, 6.45) is -5.44. The molecule has 0 unspecified atom stereocenters. The number of alkyl halides is 3. The Kier molecular flexibility index (Phi) is 4.56. The first kappa shape index (κ1) is 14.8. The third-order valence-corrected chi connectivity index (χ3v) is 2.43. The molecule has 0 aliphatic heterocycles. The van der Waals surface area contributed by atoms with Crippen molar-refractivity contribution in [2.24, 2.45) is 0 Å². The fourth-order valence-corrected chi connectivity index (χ4v) is 1.67. The number of carbonyl (C=O) groups is 1. The molecular formula is C11H9ClF4O2. The SMILES string of the molecule is CCOC(=O)Cc1c(Cl)cc(F)cc1C(F)(F)F. The topological polar surface area (TPSA) is 26.3 Å². The number of hydrogen-bond donors (Lipinski definition) is 0. The van der Waals surface area contributed by atoms with Crippen molar-refractivity contribution in [2.75, 3.05) is 6.61 Å². The minimum atomic E-state index is -4.78. The van der Waals surface area contributed by atoms with Gasteiger partial charge in [-0.15, -0.1) is 0 Å². The van der Waals surface area contributed by atoms with Crippen molar-refractivity contribution in [3.8, 4) is 0 Å². The number of esters is 1. The summed E-state index contributed by atoms with van der Waals surface area (Å²) in [4.78, 5) is 11.2. The van der Waals surface area contributed by atoms with Gasteiger partial charge >= 0.3 is 12.1 Å². The highest BCUT2D eigenvalue weighted by atomic mass is 35.5. The van der Waals surface area contributed by atoms with Crippen LogP contribution in [0.1, 0.15) is 18.1 Å². The molecule has 1 aromatic rings. The Labute approximate surface area is 105 Å². The van der Waals surface area contributed by atoms with Gasteiger partial charge in [0.25, 0.3) is 0 Å². The summed E-state index contributed by atoms with van der Waals surface area (Å²) >= 11 is 5.54. The van der Waals surface area contributed by atoms with Crippen molar-refractivity contribution in [3.05, 3.63) is 34.1 Å². The van der Waals surface area contributed by atoms with E-state index in [1.54, 1.807) is 0 Å². The van der Waals surface area contributed by atoms with Crippen molar-refractivity contribution < 1.29 is 27.1 Å². The first-order valence-electron chi connectivity index (χ1n) is 4.96. The molecule has 0 atom stereocenters. The summed E-state index contributed by atoms with van der Waals surface area (Å²) in [7, 11) is 0. The Bertz CT molecular complexity index is 457. The molecule has 0 saturated carbocycles. The molecule has 0 spiro atoms. The molecule has 100 valence electrons. The largest absolute Gasteiger partial charge is 0.466 e. The molecule has 0 radical (unpaired) electrons. The molecule has 0 amide bonds. The van der Waals surface area contributed by atoms with E-state index in [0.717, 1.165) is 6.07 Å². The highest BCUT2D eigenvalue weighted by Gasteiger charge is 2.35. The number of ether oxygens (including phenoxy) is 1. The quantitative estimate of drug-likeness (QED) is 0.626. The van der Waals surface area contributed by atoms with E-state index in [0.29, 0.717) is 6.07 Å². The van der Waals surface area contributed by atoms with Gasteiger partial charge in [0.2, 0.25) is 0 Å². The molecule has 0 aliphatic carbocycles. The van der Waals surface area contributed by atoms with Crippen LogP contribution in [0.15, 0.2) is 12.1 Å². The molecule has 7 heteroatoms. The lowest BCUT2D eigenvalue weighted by Crippen LogP contribution is -2.15. The summed E-state index contributed by atoms with van der Waals surface area (Å²) in [5, 5.41) is -0.449. The van der Waals surface area contributed by atoms with E-state index < -0.39 is 40.5 Å². The van der Waals surface area contributed by atoms with Gasteiger partial charge in [0, 0.05) is 5.02 Å². The van der Waals surface area contributed by atoms with E-state index in [-0.39, 0.29) is 6.61 Å². The van der Waals surface area contributed by atoms with Crippen LogP contribution in [-0.2, 0) is 22.1 Å². The van der Waals surface area contributed by atoms with Crippen LogP contribution in [0.4, 0.5) is 17.6 Å². The van der Waals surface area contributed by atoms with Crippen LogP contribution in [0, 0.1) is 5.82 Å². The number of hydrogen-bond acceptors (Lipinski definition) is 2. The van der Waals surface area contributed by atoms with E-state index in [1.807, 2.05) is 0 Å². The first-order chi connectivity index (χ1) is 8.25. The Balaban J connectivity index is 3.20. The Morgan fingerprint density at radius 1 is 1.39 bits per heavy atom. The molecule has 0 saturated heterocycles. The van der Waals surface area contributed by atoms with Crippen LogP contribution < -0.4 is 0 Å². The van der Waals surface area contributed by atoms with E-state index in [2.05, 4.69) is 4.74 Å². The lowest BCUT2D eigenvalue weighted by atomic mass is 10.0. The third kappa shape index (κ3) is 3.60. The first-order valence-corrected chi connectivity index (χ1v) is 5.34. The van der Waals surface area contributed by atoms with Gasteiger partial charge in [0.1, 0.15) is 5.82 Å². The highest BCUT2D eigenvalue weighted by Crippen LogP contribution is 2.36. The molecule has 0 N–H and O–H groups in total. The van der Waals surface area contributed by atoms with Gasteiger partial charge in [-0.3, -0.25) is 4.79 Å². The fourth-order valence-electron chi connectivity index (χ4n) is 1.39. The van der Waals surface area contributed by atoms with Crippen molar-refractivity contribution in [1.82, 2.24) is 0 Å². The van der Waals surface area contributed by atoms with Crippen LogP contribution >= 0.6 is 11.6 Å². The smallest absolute Gasteiger partial charge is 0.416 e. The second kappa shape index (κ2) is 5.56. The standard InChI is InChI=1S/C11H9ClF4O2/c1-2-18-10(17)5-7-8(11(14,15)16)3-6(13)4-9(7)12/h3-4H,2,5H2,1H3. The van der Waals surface area contributed by atoms with E-state index in [4.69, 9.17) is 11.6 Å². The molecule has 0 aliphatic rings. The minimum absolute atomic E-state index is 0.0407. The predicted octanol–water partition coefficient (Wildman–Crippen LogP) is 3.60. The van der Waals surface area contributed by atoms with Gasteiger partial charge < -0.3 is 4.74 Å². The molecule has 1 rings (SSSR count). The monoisotopic (exact) mass is 284 g/mol.